The summed E-state index contributed by atoms with van der Waals surface area (Å²) in [4.78, 5) is -2.83. The molecule has 0 saturated carbocycles. The van der Waals surface area contributed by atoms with Crippen LogP contribution in [0.1, 0.15) is 33.6 Å². The Morgan fingerprint density at radius 1 is 0.880 bits per heavy atom. The van der Waals surface area contributed by atoms with E-state index in [0.29, 0.717) is 13.0 Å². The van der Waals surface area contributed by atoms with Gasteiger partial charge in [-0.25, -0.2) is 0 Å². The van der Waals surface area contributed by atoms with Gasteiger partial charge in [0, 0.05) is 13.0 Å². The number of benzene rings is 2. The summed E-state index contributed by atoms with van der Waals surface area (Å²) >= 11 is 2.41. The summed E-state index contributed by atoms with van der Waals surface area (Å²) in [5.74, 6) is 0. The quantitative estimate of drug-likeness (QED) is 0.330. The fourth-order valence-corrected chi connectivity index (χ4v) is 8.15. The lowest BCUT2D eigenvalue weighted by atomic mass is 10.2. The molecule has 0 atom stereocenters. The normalized spacial score (nSPS) is 13.0. The van der Waals surface area contributed by atoms with Crippen LogP contribution in [0.25, 0.3) is 0 Å². The second-order valence-corrected chi connectivity index (χ2v) is 12.7. The molecule has 0 aliphatic heterocycles. The first-order chi connectivity index (χ1) is 11.7. The first kappa shape index (κ1) is 20.3. The second kappa shape index (κ2) is 8.10. The molecule has 1 nitrogen and oxygen atoms in total. The second-order valence-electron chi connectivity index (χ2n) is 7.23. The summed E-state index contributed by atoms with van der Waals surface area (Å²) < 4.78 is 32.7. The molecule has 0 bridgehead atoms. The SMILES string of the molecule is CC(C)(C)[Si](OCCCC(F)(F)Br)(c1ccccc1)c1ccccc1. The standard InChI is InChI=1S/C20H25BrF2OSi/c1-19(2,3)25(17-11-6-4-7-12-17,18-13-8-5-9-14-18)24-16-10-15-20(21,22)23/h4-9,11-14H,10,15-16H2,1-3H3. The molecule has 2 aromatic carbocycles. The van der Waals surface area contributed by atoms with Crippen LogP contribution in [0.3, 0.4) is 0 Å². The van der Waals surface area contributed by atoms with E-state index < -0.39 is 13.1 Å². The first-order valence-electron chi connectivity index (χ1n) is 8.48. The zero-order chi connectivity index (χ0) is 18.6. The highest BCUT2D eigenvalue weighted by Gasteiger charge is 2.50. The van der Waals surface area contributed by atoms with Crippen molar-refractivity contribution in [2.24, 2.45) is 0 Å². The van der Waals surface area contributed by atoms with Crippen molar-refractivity contribution >= 4 is 34.6 Å². The van der Waals surface area contributed by atoms with E-state index >= 15 is 0 Å². The van der Waals surface area contributed by atoms with Gasteiger partial charge in [-0.3, -0.25) is 0 Å². The zero-order valence-corrected chi connectivity index (χ0v) is 17.5. The van der Waals surface area contributed by atoms with Crippen molar-refractivity contribution in [1.82, 2.24) is 0 Å². The van der Waals surface area contributed by atoms with Crippen molar-refractivity contribution in [3.05, 3.63) is 60.7 Å². The Balaban J connectivity index is 2.42. The number of hydrogen-bond donors (Lipinski definition) is 0. The van der Waals surface area contributed by atoms with E-state index in [1.165, 1.54) is 10.4 Å². The first-order valence-corrected chi connectivity index (χ1v) is 11.2. The lowest BCUT2D eigenvalue weighted by molar-refractivity contribution is 0.0947. The van der Waals surface area contributed by atoms with Crippen LogP contribution >= 0.6 is 15.9 Å². The minimum atomic E-state index is -2.83. The van der Waals surface area contributed by atoms with Crippen LogP contribution in [0.5, 0.6) is 0 Å². The maximum atomic E-state index is 13.1. The number of hydrogen-bond acceptors (Lipinski definition) is 1. The van der Waals surface area contributed by atoms with Gasteiger partial charge in [0.1, 0.15) is 0 Å². The fourth-order valence-electron chi connectivity index (χ4n) is 3.26. The Kier molecular flexibility index (Phi) is 6.57. The Bertz CT molecular complexity index is 611. The van der Waals surface area contributed by atoms with Gasteiger partial charge < -0.3 is 4.43 Å². The summed E-state index contributed by atoms with van der Waals surface area (Å²) in [7, 11) is -2.61. The van der Waals surface area contributed by atoms with Crippen LogP contribution in [0.15, 0.2) is 60.7 Å². The largest absolute Gasteiger partial charge is 0.407 e. The third-order valence-electron chi connectivity index (χ3n) is 4.34. The molecule has 0 aliphatic rings. The van der Waals surface area contributed by atoms with Crippen molar-refractivity contribution < 1.29 is 13.2 Å². The Hall–Kier alpha value is -1.04. The van der Waals surface area contributed by atoms with E-state index in [0.717, 1.165) is 0 Å². The molecule has 0 aliphatic carbocycles. The highest BCUT2D eigenvalue weighted by Crippen LogP contribution is 2.37. The average molecular weight is 427 g/mol. The molecule has 0 unspecified atom stereocenters. The summed E-state index contributed by atoms with van der Waals surface area (Å²) in [5.41, 5.74) is 0. The predicted molar refractivity (Wildman–Crippen MR) is 107 cm³/mol. The Morgan fingerprint density at radius 2 is 1.32 bits per heavy atom. The Morgan fingerprint density at radius 3 is 1.68 bits per heavy atom. The minimum Gasteiger partial charge on any atom is -0.407 e. The van der Waals surface area contributed by atoms with E-state index in [1.807, 2.05) is 36.4 Å². The monoisotopic (exact) mass is 426 g/mol. The number of alkyl halides is 3. The highest BCUT2D eigenvalue weighted by atomic mass is 79.9. The molecule has 0 heterocycles. The highest BCUT2D eigenvalue weighted by molar-refractivity contribution is 9.09. The molecule has 2 aromatic rings. The molecule has 0 saturated heterocycles. The molecule has 2 rings (SSSR count). The third-order valence-corrected chi connectivity index (χ3v) is 9.78. The lowest BCUT2D eigenvalue weighted by Crippen LogP contribution is -2.66. The van der Waals surface area contributed by atoms with Gasteiger partial charge >= 0.3 is 4.83 Å². The summed E-state index contributed by atoms with van der Waals surface area (Å²) in [6, 6.07) is 20.4. The van der Waals surface area contributed by atoms with Gasteiger partial charge in [-0.05, 0) is 37.8 Å². The van der Waals surface area contributed by atoms with Gasteiger partial charge in [0.25, 0.3) is 8.32 Å². The van der Waals surface area contributed by atoms with Gasteiger partial charge in [0.15, 0.2) is 0 Å². The molecule has 0 spiro atoms. The maximum Gasteiger partial charge on any atom is 0.301 e. The third kappa shape index (κ3) is 4.99. The molecule has 25 heavy (non-hydrogen) atoms. The zero-order valence-electron chi connectivity index (χ0n) is 14.9. The van der Waals surface area contributed by atoms with Gasteiger partial charge in [-0.1, -0.05) is 81.4 Å². The van der Waals surface area contributed by atoms with E-state index in [1.54, 1.807) is 0 Å². The molecule has 0 amide bonds. The summed E-state index contributed by atoms with van der Waals surface area (Å²) in [5, 5.41) is 2.20. The lowest BCUT2D eigenvalue weighted by Gasteiger charge is -2.43. The average Bonchev–Trinajstić information content (AvgIpc) is 2.54. The molecular weight excluding hydrogens is 402 g/mol. The predicted octanol–water partition coefficient (Wildman–Crippen LogP) is 5.33. The van der Waals surface area contributed by atoms with E-state index in [9.17, 15) is 8.78 Å². The Labute approximate surface area is 158 Å². The number of rotatable bonds is 7. The molecular formula is C20H25BrF2OSi. The van der Waals surface area contributed by atoms with Crippen molar-refractivity contribution in [1.29, 1.82) is 0 Å². The summed E-state index contributed by atoms with van der Waals surface area (Å²) in [6.45, 7) is 6.85. The van der Waals surface area contributed by atoms with Crippen molar-refractivity contribution in [2.75, 3.05) is 6.61 Å². The maximum absolute atomic E-state index is 13.1. The van der Waals surface area contributed by atoms with Crippen LogP contribution in [0.4, 0.5) is 8.78 Å². The van der Waals surface area contributed by atoms with Crippen LogP contribution in [0.2, 0.25) is 5.04 Å². The van der Waals surface area contributed by atoms with Crippen molar-refractivity contribution in [3.8, 4) is 0 Å². The van der Waals surface area contributed by atoms with E-state index in [4.69, 9.17) is 4.43 Å². The van der Waals surface area contributed by atoms with Crippen LogP contribution in [0, 0.1) is 0 Å². The van der Waals surface area contributed by atoms with Crippen LogP contribution in [-0.4, -0.2) is 19.8 Å². The van der Waals surface area contributed by atoms with E-state index in [2.05, 4.69) is 61.0 Å². The molecule has 0 radical (unpaired) electrons. The molecule has 0 N–H and O–H groups in total. The number of halogens is 3. The van der Waals surface area contributed by atoms with Crippen LogP contribution in [-0.2, 0) is 4.43 Å². The minimum absolute atomic E-state index is 0.132. The molecule has 136 valence electrons. The van der Waals surface area contributed by atoms with Crippen molar-refractivity contribution in [3.63, 3.8) is 0 Å². The van der Waals surface area contributed by atoms with Crippen molar-refractivity contribution in [2.45, 2.75) is 43.5 Å². The molecule has 5 heteroatoms. The molecule has 0 fully saturated rings. The van der Waals surface area contributed by atoms with Gasteiger partial charge in [-0.15, -0.1) is 0 Å². The van der Waals surface area contributed by atoms with Gasteiger partial charge in [0.2, 0.25) is 0 Å². The van der Waals surface area contributed by atoms with Gasteiger partial charge in [-0.2, -0.15) is 8.78 Å². The fraction of sp³-hybridized carbons (Fsp3) is 0.400. The molecule has 0 aromatic heterocycles. The van der Waals surface area contributed by atoms with E-state index in [-0.39, 0.29) is 11.5 Å². The van der Waals surface area contributed by atoms with Gasteiger partial charge in [0.05, 0.1) is 0 Å². The smallest absolute Gasteiger partial charge is 0.301 e. The topological polar surface area (TPSA) is 9.23 Å². The summed E-state index contributed by atoms with van der Waals surface area (Å²) in [6.07, 6.45) is 0.0773. The van der Waals surface area contributed by atoms with Crippen LogP contribution < -0.4 is 10.4 Å².